The van der Waals surface area contributed by atoms with Gasteiger partial charge in [0.15, 0.2) is 5.75 Å². The van der Waals surface area contributed by atoms with Crippen LogP contribution in [-0.4, -0.2) is 29.8 Å². The molecule has 1 aromatic carbocycles. The molecule has 3 heterocycles. The van der Waals surface area contributed by atoms with E-state index in [1.807, 2.05) is 0 Å². The van der Waals surface area contributed by atoms with Gasteiger partial charge in [-0.05, 0) is 25.1 Å². The summed E-state index contributed by atoms with van der Waals surface area (Å²) in [4.78, 5) is 23.1. The van der Waals surface area contributed by atoms with Crippen LogP contribution in [0.3, 0.4) is 0 Å². The molecule has 0 saturated heterocycles. The summed E-state index contributed by atoms with van der Waals surface area (Å²) in [6.07, 6.45) is 1.72. The number of aliphatic hydroxyl groups excluding tert-OH is 1. The number of fused-ring (bicyclic) bond motifs is 1. The van der Waals surface area contributed by atoms with Crippen LogP contribution in [0, 0.1) is 6.92 Å². The van der Waals surface area contributed by atoms with Crippen LogP contribution in [0.25, 0.3) is 11.0 Å². The third kappa shape index (κ3) is 4.33. The Kier molecular flexibility index (Phi) is 5.54. The molecule has 3 aromatic heterocycles. The molecule has 0 amide bonds. The Balaban J connectivity index is 1.42. The summed E-state index contributed by atoms with van der Waals surface area (Å²) in [7, 11) is 0. The minimum atomic E-state index is -0.522. The van der Waals surface area contributed by atoms with Gasteiger partial charge in [0.25, 0.3) is 0 Å². The number of rotatable bonds is 7. The van der Waals surface area contributed by atoms with Crippen LogP contribution < -0.4 is 15.8 Å². The molecule has 0 bridgehead atoms. The first-order chi connectivity index (χ1) is 14.9. The molecular weight excluding hydrogens is 404 g/mol. The van der Waals surface area contributed by atoms with Gasteiger partial charge in [-0.15, -0.1) is 5.10 Å². The Hall–Kier alpha value is -3.92. The Labute approximate surface area is 175 Å². The van der Waals surface area contributed by atoms with E-state index in [1.54, 1.807) is 46.6 Å². The van der Waals surface area contributed by atoms with Crippen LogP contribution in [0.1, 0.15) is 17.1 Å². The summed E-state index contributed by atoms with van der Waals surface area (Å²) < 4.78 is 14.1. The number of aliphatic hydroxyl groups is 1. The smallest absolute Gasteiger partial charge is 0.336 e. The molecule has 0 atom stereocenters. The van der Waals surface area contributed by atoms with E-state index in [9.17, 15) is 19.8 Å². The molecule has 2 N–H and O–H groups in total. The van der Waals surface area contributed by atoms with Gasteiger partial charge in [0.1, 0.15) is 23.6 Å². The normalized spacial score (nSPS) is 11.2. The first kappa shape index (κ1) is 20.4. The molecule has 0 unspecified atom stereocenters. The molecular formula is C21H20N4O6. The Bertz CT molecular complexity index is 1350. The van der Waals surface area contributed by atoms with Crippen LogP contribution in [0.5, 0.6) is 11.5 Å². The van der Waals surface area contributed by atoms with Gasteiger partial charge < -0.3 is 23.9 Å². The molecule has 0 aliphatic heterocycles. The van der Waals surface area contributed by atoms with Gasteiger partial charge in [-0.3, -0.25) is 9.48 Å². The fraction of sp³-hybridized carbons (Fsp3) is 0.238. The molecule has 31 heavy (non-hydrogen) atoms. The molecule has 0 aliphatic carbocycles. The van der Waals surface area contributed by atoms with E-state index >= 15 is 0 Å². The Morgan fingerprint density at radius 2 is 1.94 bits per heavy atom. The lowest BCUT2D eigenvalue weighted by atomic mass is 10.2. The summed E-state index contributed by atoms with van der Waals surface area (Å²) in [5, 5.41) is 28.3. The fourth-order valence-corrected chi connectivity index (χ4v) is 3.29. The quantitative estimate of drug-likeness (QED) is 0.425. The molecule has 10 nitrogen and oxygen atoms in total. The highest BCUT2D eigenvalue weighted by atomic mass is 16.5. The van der Waals surface area contributed by atoms with Crippen LogP contribution in [0.4, 0.5) is 0 Å². The number of aromatic hydroxyl groups is 1. The lowest BCUT2D eigenvalue weighted by Gasteiger charge is -2.16. The van der Waals surface area contributed by atoms with Crippen molar-refractivity contribution in [3.05, 3.63) is 80.3 Å². The van der Waals surface area contributed by atoms with Gasteiger partial charge in [0.2, 0.25) is 5.43 Å². The Morgan fingerprint density at radius 3 is 2.74 bits per heavy atom. The molecule has 0 radical (unpaired) electrons. The SMILES string of the molecule is Cc1cc(=O)c(O)c(CO)n1CCn1cc(COc2ccc3ccc(=O)oc3c2)nn1. The lowest BCUT2D eigenvalue weighted by Crippen LogP contribution is -2.19. The third-order valence-electron chi connectivity index (χ3n) is 4.87. The molecule has 160 valence electrons. The zero-order valence-electron chi connectivity index (χ0n) is 16.7. The molecule has 4 rings (SSSR count). The number of aryl methyl sites for hydroxylation is 2. The number of aromatic nitrogens is 4. The predicted molar refractivity (Wildman–Crippen MR) is 110 cm³/mol. The van der Waals surface area contributed by atoms with E-state index in [0.29, 0.717) is 35.8 Å². The number of hydrogen-bond donors (Lipinski definition) is 2. The van der Waals surface area contributed by atoms with E-state index in [1.165, 1.54) is 12.1 Å². The van der Waals surface area contributed by atoms with Gasteiger partial charge in [-0.25, -0.2) is 4.79 Å². The lowest BCUT2D eigenvalue weighted by molar-refractivity contribution is 0.259. The summed E-state index contributed by atoms with van der Waals surface area (Å²) in [5.74, 6) is 0.0790. The maximum atomic E-state index is 11.7. The molecule has 0 fully saturated rings. The molecule has 0 saturated carbocycles. The van der Waals surface area contributed by atoms with Gasteiger partial charge in [0.05, 0.1) is 25.0 Å². The van der Waals surface area contributed by atoms with Crippen LogP contribution >= 0.6 is 0 Å². The second kappa shape index (κ2) is 8.44. The van der Waals surface area contributed by atoms with Gasteiger partial charge in [0, 0.05) is 35.8 Å². The van der Waals surface area contributed by atoms with Crippen molar-refractivity contribution >= 4 is 11.0 Å². The summed E-state index contributed by atoms with van der Waals surface area (Å²) in [6, 6.07) is 9.58. The van der Waals surface area contributed by atoms with Crippen LogP contribution in [-0.2, 0) is 26.3 Å². The van der Waals surface area contributed by atoms with Crippen molar-refractivity contribution in [2.45, 2.75) is 33.2 Å². The van der Waals surface area contributed by atoms with Crippen molar-refractivity contribution in [1.29, 1.82) is 0 Å². The van der Waals surface area contributed by atoms with Crippen molar-refractivity contribution in [2.75, 3.05) is 0 Å². The average Bonchev–Trinajstić information content (AvgIpc) is 3.21. The number of benzene rings is 1. The second-order valence-corrected chi connectivity index (χ2v) is 6.97. The van der Waals surface area contributed by atoms with E-state index in [2.05, 4.69) is 10.3 Å². The van der Waals surface area contributed by atoms with Gasteiger partial charge >= 0.3 is 5.63 Å². The summed E-state index contributed by atoms with van der Waals surface area (Å²) in [5.41, 5.74) is 0.869. The summed E-state index contributed by atoms with van der Waals surface area (Å²) in [6.45, 7) is 2.23. The van der Waals surface area contributed by atoms with Gasteiger partial charge in [-0.1, -0.05) is 5.21 Å². The minimum absolute atomic E-state index is 0.164. The van der Waals surface area contributed by atoms with Crippen LogP contribution in [0.15, 0.2) is 56.6 Å². The third-order valence-corrected chi connectivity index (χ3v) is 4.87. The first-order valence-corrected chi connectivity index (χ1v) is 9.53. The van der Waals surface area contributed by atoms with Crippen molar-refractivity contribution in [3.8, 4) is 11.5 Å². The monoisotopic (exact) mass is 424 g/mol. The molecule has 0 aliphatic rings. The van der Waals surface area contributed by atoms with Crippen molar-refractivity contribution in [3.63, 3.8) is 0 Å². The van der Waals surface area contributed by atoms with E-state index in [4.69, 9.17) is 9.15 Å². The second-order valence-electron chi connectivity index (χ2n) is 6.97. The highest BCUT2D eigenvalue weighted by Crippen LogP contribution is 2.20. The standard InChI is InChI=1S/C21H20N4O6/c1-13-8-18(27)21(29)17(11-26)25(13)7-6-24-10-15(22-23-24)12-30-16-4-2-14-3-5-20(28)31-19(14)9-16/h2-5,8-10,26,29H,6-7,11-12H2,1H3. The highest BCUT2D eigenvalue weighted by Gasteiger charge is 2.12. The van der Waals surface area contributed by atoms with Crippen LogP contribution in [0.2, 0.25) is 0 Å². The largest absolute Gasteiger partial charge is 0.503 e. The zero-order chi connectivity index (χ0) is 22.0. The molecule has 0 spiro atoms. The van der Waals surface area contributed by atoms with Crippen molar-refractivity contribution < 1.29 is 19.4 Å². The topological polar surface area (TPSA) is 133 Å². The van der Waals surface area contributed by atoms with Gasteiger partial charge in [-0.2, -0.15) is 0 Å². The minimum Gasteiger partial charge on any atom is -0.503 e. The number of hydrogen-bond acceptors (Lipinski definition) is 8. The fourth-order valence-electron chi connectivity index (χ4n) is 3.29. The van der Waals surface area contributed by atoms with E-state index in [-0.39, 0.29) is 12.3 Å². The highest BCUT2D eigenvalue weighted by molar-refractivity contribution is 5.77. The number of ether oxygens (including phenoxy) is 1. The maximum absolute atomic E-state index is 11.7. The van der Waals surface area contributed by atoms with E-state index < -0.39 is 23.4 Å². The zero-order valence-corrected chi connectivity index (χ0v) is 16.7. The number of nitrogens with zero attached hydrogens (tertiary/aromatic N) is 4. The first-order valence-electron chi connectivity index (χ1n) is 9.53. The van der Waals surface area contributed by atoms with Crippen molar-refractivity contribution in [2.24, 2.45) is 0 Å². The average molecular weight is 424 g/mol. The Morgan fingerprint density at radius 1 is 1.13 bits per heavy atom. The summed E-state index contributed by atoms with van der Waals surface area (Å²) >= 11 is 0. The maximum Gasteiger partial charge on any atom is 0.336 e. The van der Waals surface area contributed by atoms with Crippen molar-refractivity contribution in [1.82, 2.24) is 19.6 Å². The van der Waals surface area contributed by atoms with E-state index in [0.717, 1.165) is 5.39 Å². The number of pyridine rings is 1. The predicted octanol–water partition coefficient (Wildman–Crippen LogP) is 1.33. The molecule has 4 aromatic rings. The molecule has 10 heteroatoms.